The lowest BCUT2D eigenvalue weighted by atomic mass is 10.0. The molecule has 2 atom stereocenters. The number of halogens is 3. The molecular weight excluding hydrogens is 369 g/mol. The summed E-state index contributed by atoms with van der Waals surface area (Å²) in [7, 11) is 1.85. The van der Waals surface area contributed by atoms with Gasteiger partial charge in [0.05, 0.1) is 6.04 Å². The highest BCUT2D eigenvalue weighted by molar-refractivity contribution is 6.31. The summed E-state index contributed by atoms with van der Waals surface area (Å²) in [6.07, 6.45) is 0. The van der Waals surface area contributed by atoms with Gasteiger partial charge in [0.25, 0.3) is 0 Å². The fourth-order valence-electron chi connectivity index (χ4n) is 2.62. The number of nitrogens with zero attached hydrogens (tertiary/aromatic N) is 1. The van der Waals surface area contributed by atoms with E-state index in [1.54, 1.807) is 0 Å². The third kappa shape index (κ3) is 7.58. The van der Waals surface area contributed by atoms with E-state index in [1.807, 2.05) is 38.2 Å². The van der Waals surface area contributed by atoms with Crippen molar-refractivity contribution >= 4 is 42.3 Å². The van der Waals surface area contributed by atoms with Crippen LogP contribution in [0.25, 0.3) is 0 Å². The van der Waals surface area contributed by atoms with E-state index in [0.29, 0.717) is 13.1 Å². The lowest BCUT2D eigenvalue weighted by Gasteiger charge is -2.31. The van der Waals surface area contributed by atoms with Crippen molar-refractivity contribution in [3.63, 3.8) is 0 Å². The van der Waals surface area contributed by atoms with Crippen LogP contribution in [0, 0.1) is 5.92 Å². The predicted molar refractivity (Wildman–Crippen MR) is 108 cm³/mol. The van der Waals surface area contributed by atoms with Crippen molar-refractivity contribution in [3.8, 4) is 0 Å². The molecule has 1 rings (SSSR count). The maximum atomic E-state index is 12.2. The molecule has 0 aliphatic rings. The van der Waals surface area contributed by atoms with E-state index >= 15 is 0 Å². The fourth-order valence-corrected chi connectivity index (χ4v) is 2.88. The minimum atomic E-state index is -0.0476. The highest BCUT2D eigenvalue weighted by Gasteiger charge is 2.22. The Labute approximate surface area is 163 Å². The van der Waals surface area contributed by atoms with Crippen molar-refractivity contribution in [2.75, 3.05) is 33.2 Å². The van der Waals surface area contributed by atoms with Crippen molar-refractivity contribution in [2.45, 2.75) is 26.8 Å². The number of rotatable bonds is 9. The van der Waals surface area contributed by atoms with Crippen LogP contribution in [0.1, 0.15) is 32.4 Å². The zero-order chi connectivity index (χ0) is 16.5. The van der Waals surface area contributed by atoms with Crippen LogP contribution < -0.4 is 10.6 Å². The summed E-state index contributed by atoms with van der Waals surface area (Å²) < 4.78 is 0. The molecule has 0 aromatic heterocycles. The van der Waals surface area contributed by atoms with Gasteiger partial charge in [-0.15, -0.1) is 24.8 Å². The molecule has 0 radical (unpaired) electrons. The van der Waals surface area contributed by atoms with Gasteiger partial charge in [-0.05, 0) is 31.8 Å². The molecule has 0 saturated carbocycles. The van der Waals surface area contributed by atoms with Crippen LogP contribution in [0.3, 0.4) is 0 Å². The summed E-state index contributed by atoms with van der Waals surface area (Å²) in [5.74, 6) is 0.0205. The highest BCUT2D eigenvalue weighted by atomic mass is 35.5. The number of hydrogen-bond acceptors (Lipinski definition) is 3. The van der Waals surface area contributed by atoms with Gasteiger partial charge >= 0.3 is 0 Å². The quantitative estimate of drug-likeness (QED) is 0.668. The molecule has 1 aromatic rings. The van der Waals surface area contributed by atoms with Crippen LogP contribution in [-0.2, 0) is 4.79 Å². The number of likely N-dealkylation sites (N-methyl/N-ethyl adjacent to an activating group) is 1. The van der Waals surface area contributed by atoms with Crippen molar-refractivity contribution in [1.82, 2.24) is 15.5 Å². The first kappa shape index (κ1) is 25.7. The molecule has 0 aliphatic carbocycles. The molecule has 0 fully saturated rings. The SMILES string of the molecule is CCN(CC)C(CNC(=O)C(C)CNC)c1ccccc1Cl.Cl.Cl. The Hall–Kier alpha value is -0.520. The molecule has 140 valence electrons. The second kappa shape index (κ2) is 13.7. The molecule has 0 heterocycles. The van der Waals surface area contributed by atoms with Crippen LogP contribution in [-0.4, -0.2) is 44.0 Å². The normalized spacial score (nSPS) is 12.8. The number of nitrogens with one attached hydrogen (secondary N) is 2. The smallest absolute Gasteiger partial charge is 0.224 e. The summed E-state index contributed by atoms with van der Waals surface area (Å²) in [6, 6.07) is 7.95. The maximum Gasteiger partial charge on any atom is 0.224 e. The van der Waals surface area contributed by atoms with E-state index in [1.165, 1.54) is 0 Å². The Bertz CT molecular complexity index is 470. The van der Waals surface area contributed by atoms with Gasteiger partial charge < -0.3 is 10.6 Å². The molecule has 7 heteroatoms. The zero-order valence-electron chi connectivity index (χ0n) is 14.8. The number of benzene rings is 1. The van der Waals surface area contributed by atoms with Crippen molar-refractivity contribution in [2.24, 2.45) is 5.92 Å². The van der Waals surface area contributed by atoms with E-state index < -0.39 is 0 Å². The van der Waals surface area contributed by atoms with Crippen LogP contribution in [0.2, 0.25) is 5.02 Å². The Kier molecular flexibility index (Phi) is 14.7. The van der Waals surface area contributed by atoms with E-state index in [9.17, 15) is 4.79 Å². The van der Waals surface area contributed by atoms with Crippen molar-refractivity contribution in [1.29, 1.82) is 0 Å². The standard InChI is InChI=1S/C17H28ClN3O.2ClH/c1-5-21(6-2)16(14-9-7-8-10-15(14)18)12-20-17(22)13(3)11-19-4;;/h7-10,13,16,19H,5-6,11-12H2,1-4H3,(H,20,22);2*1H. The van der Waals surface area contributed by atoms with E-state index in [-0.39, 0.29) is 42.7 Å². The molecule has 0 aliphatic heterocycles. The topological polar surface area (TPSA) is 44.4 Å². The fraction of sp³-hybridized carbons (Fsp3) is 0.588. The molecule has 0 spiro atoms. The molecular formula is C17H30Cl3N3O. The predicted octanol–water partition coefficient (Wildman–Crippen LogP) is 3.54. The summed E-state index contributed by atoms with van der Waals surface area (Å²) in [5, 5.41) is 6.84. The van der Waals surface area contributed by atoms with Gasteiger partial charge in [0.1, 0.15) is 0 Å². The van der Waals surface area contributed by atoms with Gasteiger partial charge in [0.15, 0.2) is 0 Å². The molecule has 4 nitrogen and oxygen atoms in total. The average molecular weight is 399 g/mol. The number of carbonyl (C=O) groups excluding carboxylic acids is 1. The Morgan fingerprint density at radius 1 is 1.17 bits per heavy atom. The molecule has 2 unspecified atom stereocenters. The first-order valence-corrected chi connectivity index (χ1v) is 8.33. The average Bonchev–Trinajstić information content (AvgIpc) is 2.52. The van der Waals surface area contributed by atoms with Gasteiger partial charge in [0, 0.05) is 24.0 Å². The van der Waals surface area contributed by atoms with Gasteiger partial charge in [-0.1, -0.05) is 50.6 Å². The van der Waals surface area contributed by atoms with E-state index in [4.69, 9.17) is 11.6 Å². The lowest BCUT2D eigenvalue weighted by molar-refractivity contribution is -0.124. The molecule has 24 heavy (non-hydrogen) atoms. The Morgan fingerprint density at radius 3 is 2.25 bits per heavy atom. The lowest BCUT2D eigenvalue weighted by Crippen LogP contribution is -2.41. The van der Waals surface area contributed by atoms with E-state index in [2.05, 4.69) is 29.4 Å². The van der Waals surface area contributed by atoms with Crippen LogP contribution in [0.4, 0.5) is 0 Å². The molecule has 2 N–H and O–H groups in total. The molecule has 0 saturated heterocycles. The van der Waals surface area contributed by atoms with Crippen LogP contribution >= 0.6 is 36.4 Å². The molecule has 0 bridgehead atoms. The van der Waals surface area contributed by atoms with Crippen molar-refractivity contribution < 1.29 is 4.79 Å². The first-order chi connectivity index (χ1) is 10.5. The Balaban J connectivity index is 0. The summed E-state index contributed by atoms with van der Waals surface area (Å²) in [4.78, 5) is 14.5. The van der Waals surface area contributed by atoms with E-state index in [0.717, 1.165) is 23.7 Å². The van der Waals surface area contributed by atoms with Gasteiger partial charge in [-0.3, -0.25) is 9.69 Å². The summed E-state index contributed by atoms with van der Waals surface area (Å²) in [5.41, 5.74) is 1.06. The summed E-state index contributed by atoms with van der Waals surface area (Å²) in [6.45, 7) is 9.24. The zero-order valence-corrected chi connectivity index (χ0v) is 17.2. The van der Waals surface area contributed by atoms with Crippen LogP contribution in [0.15, 0.2) is 24.3 Å². The monoisotopic (exact) mass is 397 g/mol. The molecule has 1 amide bonds. The van der Waals surface area contributed by atoms with Gasteiger partial charge in [0.2, 0.25) is 5.91 Å². The van der Waals surface area contributed by atoms with Gasteiger partial charge in [-0.25, -0.2) is 0 Å². The maximum absolute atomic E-state index is 12.2. The number of hydrogen-bond donors (Lipinski definition) is 2. The number of amides is 1. The largest absolute Gasteiger partial charge is 0.354 e. The third-order valence-electron chi connectivity index (χ3n) is 3.94. The second-order valence-corrected chi connectivity index (χ2v) is 5.87. The first-order valence-electron chi connectivity index (χ1n) is 7.95. The summed E-state index contributed by atoms with van der Waals surface area (Å²) >= 11 is 6.36. The second-order valence-electron chi connectivity index (χ2n) is 5.46. The minimum absolute atomic E-state index is 0. The minimum Gasteiger partial charge on any atom is -0.354 e. The Morgan fingerprint density at radius 2 is 1.75 bits per heavy atom. The third-order valence-corrected chi connectivity index (χ3v) is 4.29. The molecule has 1 aromatic carbocycles. The van der Waals surface area contributed by atoms with Crippen molar-refractivity contribution in [3.05, 3.63) is 34.9 Å². The number of carbonyl (C=O) groups is 1. The highest BCUT2D eigenvalue weighted by Crippen LogP contribution is 2.27. The van der Waals surface area contributed by atoms with Crippen LogP contribution in [0.5, 0.6) is 0 Å². The van der Waals surface area contributed by atoms with Gasteiger partial charge in [-0.2, -0.15) is 0 Å².